The Morgan fingerprint density at radius 3 is 3.21 bits per heavy atom. The number of hydrogen-bond acceptors (Lipinski definition) is 5. The highest BCUT2D eigenvalue weighted by Crippen LogP contribution is 2.15. The zero-order valence-corrected chi connectivity index (χ0v) is 11.9. The van der Waals surface area contributed by atoms with Crippen LogP contribution >= 0.6 is 0 Å². The van der Waals surface area contributed by atoms with Crippen molar-refractivity contribution in [3.05, 3.63) is 12.2 Å². The van der Waals surface area contributed by atoms with Gasteiger partial charge in [0, 0.05) is 26.8 Å². The van der Waals surface area contributed by atoms with Gasteiger partial charge < -0.3 is 14.0 Å². The van der Waals surface area contributed by atoms with Crippen LogP contribution in [0.15, 0.2) is 6.33 Å². The molecule has 108 valence electrons. The van der Waals surface area contributed by atoms with Crippen molar-refractivity contribution in [3.63, 3.8) is 0 Å². The Bertz CT molecular complexity index is 363. The fraction of sp³-hybridized carbons (Fsp3) is 0.846. The minimum Gasteiger partial charge on any atom is -0.383 e. The van der Waals surface area contributed by atoms with Gasteiger partial charge in [-0.3, -0.25) is 4.90 Å². The van der Waals surface area contributed by atoms with Crippen molar-refractivity contribution in [3.8, 4) is 0 Å². The lowest BCUT2D eigenvalue weighted by molar-refractivity contribution is 0.0407. The van der Waals surface area contributed by atoms with Gasteiger partial charge in [-0.25, -0.2) is 0 Å². The zero-order chi connectivity index (χ0) is 13.5. The molecule has 1 aromatic heterocycles. The molecule has 1 fully saturated rings. The first kappa shape index (κ1) is 14.4. The summed E-state index contributed by atoms with van der Waals surface area (Å²) in [5, 5.41) is 8.17. The quantitative estimate of drug-likeness (QED) is 0.731. The van der Waals surface area contributed by atoms with E-state index in [1.54, 1.807) is 13.4 Å². The second kappa shape index (κ2) is 7.57. The molecular formula is C13H24N4O2. The fourth-order valence-electron chi connectivity index (χ4n) is 2.48. The molecule has 2 rings (SSSR count). The highest BCUT2D eigenvalue weighted by Gasteiger charge is 2.17. The Hall–Kier alpha value is -0.980. The molecule has 0 radical (unpaired) electrons. The van der Waals surface area contributed by atoms with Crippen LogP contribution in [0.2, 0.25) is 0 Å². The van der Waals surface area contributed by atoms with Gasteiger partial charge in [0.2, 0.25) is 0 Å². The number of methoxy groups -OCH3 is 1. The van der Waals surface area contributed by atoms with Crippen LogP contribution in [-0.2, 0) is 22.6 Å². The first-order valence-electron chi connectivity index (χ1n) is 6.91. The summed E-state index contributed by atoms with van der Waals surface area (Å²) in [4.78, 5) is 2.30. The molecule has 6 nitrogen and oxygen atoms in total. The summed E-state index contributed by atoms with van der Waals surface area (Å²) < 4.78 is 12.7. The third kappa shape index (κ3) is 4.56. The van der Waals surface area contributed by atoms with Gasteiger partial charge in [-0.2, -0.15) is 0 Å². The first-order chi connectivity index (χ1) is 9.29. The van der Waals surface area contributed by atoms with Gasteiger partial charge >= 0.3 is 0 Å². The van der Waals surface area contributed by atoms with Crippen molar-refractivity contribution >= 4 is 0 Å². The molecule has 0 aromatic carbocycles. The van der Waals surface area contributed by atoms with Crippen LogP contribution in [0.3, 0.4) is 0 Å². The van der Waals surface area contributed by atoms with Crippen LogP contribution in [0.25, 0.3) is 0 Å². The molecule has 19 heavy (non-hydrogen) atoms. The van der Waals surface area contributed by atoms with Crippen molar-refractivity contribution in [1.29, 1.82) is 0 Å². The smallest absolute Gasteiger partial charge is 0.147 e. The van der Waals surface area contributed by atoms with Crippen LogP contribution in [0.5, 0.6) is 0 Å². The molecular weight excluding hydrogens is 244 g/mol. The van der Waals surface area contributed by atoms with Crippen LogP contribution in [-0.4, -0.2) is 60.2 Å². The second-order valence-corrected chi connectivity index (χ2v) is 5.21. The Morgan fingerprint density at radius 1 is 1.58 bits per heavy atom. The maximum Gasteiger partial charge on any atom is 0.147 e. The minimum atomic E-state index is 0.647. The molecule has 0 amide bonds. The molecule has 0 saturated carbocycles. The van der Waals surface area contributed by atoms with Gasteiger partial charge in [-0.15, -0.1) is 10.2 Å². The molecule has 1 saturated heterocycles. The monoisotopic (exact) mass is 268 g/mol. The van der Waals surface area contributed by atoms with Gasteiger partial charge in [0.25, 0.3) is 0 Å². The lowest BCUT2D eigenvalue weighted by Gasteiger charge is -2.26. The van der Waals surface area contributed by atoms with Gasteiger partial charge in [0.15, 0.2) is 0 Å². The average Bonchev–Trinajstić information content (AvgIpc) is 2.84. The molecule has 2 heterocycles. The third-order valence-electron chi connectivity index (χ3n) is 3.47. The number of nitrogens with zero attached hydrogens (tertiary/aromatic N) is 4. The van der Waals surface area contributed by atoms with Crippen LogP contribution in [0, 0.1) is 5.92 Å². The van der Waals surface area contributed by atoms with E-state index in [-0.39, 0.29) is 0 Å². The lowest BCUT2D eigenvalue weighted by Crippen LogP contribution is -2.31. The summed E-state index contributed by atoms with van der Waals surface area (Å²) in [6.07, 6.45) is 4.22. The normalized spacial score (nSPS) is 20.1. The Balaban J connectivity index is 1.80. The van der Waals surface area contributed by atoms with Gasteiger partial charge in [0.05, 0.1) is 19.8 Å². The van der Waals surface area contributed by atoms with Crippen molar-refractivity contribution in [1.82, 2.24) is 19.7 Å². The van der Waals surface area contributed by atoms with E-state index in [0.717, 1.165) is 38.7 Å². The molecule has 0 N–H and O–H groups in total. The van der Waals surface area contributed by atoms with Gasteiger partial charge in [-0.05, 0) is 25.8 Å². The van der Waals surface area contributed by atoms with Crippen LogP contribution in [0.4, 0.5) is 0 Å². The Labute approximate surface area is 114 Å². The molecule has 0 bridgehead atoms. The third-order valence-corrected chi connectivity index (χ3v) is 3.47. The molecule has 1 atom stereocenters. The van der Waals surface area contributed by atoms with Crippen molar-refractivity contribution in [2.24, 2.45) is 5.92 Å². The van der Waals surface area contributed by atoms with Crippen LogP contribution < -0.4 is 0 Å². The maximum atomic E-state index is 5.52. The van der Waals surface area contributed by atoms with E-state index in [1.165, 1.54) is 12.8 Å². The summed E-state index contributed by atoms with van der Waals surface area (Å²) >= 11 is 0. The van der Waals surface area contributed by atoms with Crippen molar-refractivity contribution in [2.45, 2.75) is 25.9 Å². The van der Waals surface area contributed by atoms with Gasteiger partial charge in [0.1, 0.15) is 12.2 Å². The average molecular weight is 268 g/mol. The van der Waals surface area contributed by atoms with E-state index in [1.807, 2.05) is 0 Å². The summed E-state index contributed by atoms with van der Waals surface area (Å²) in [6.45, 7) is 5.17. The highest BCUT2D eigenvalue weighted by atomic mass is 16.5. The summed E-state index contributed by atoms with van der Waals surface area (Å²) in [5.41, 5.74) is 0. The zero-order valence-electron chi connectivity index (χ0n) is 11.9. The standard InChI is InChI=1S/C13H24N4O2/c1-16(8-12-4-3-6-19-10-12)9-13-15-14-11-17(13)5-7-18-2/h11-12H,3-10H2,1-2H3/t12-/m0/s1. The molecule has 1 aliphatic rings. The summed E-state index contributed by atoms with van der Waals surface area (Å²) in [7, 11) is 3.84. The number of aromatic nitrogens is 3. The summed E-state index contributed by atoms with van der Waals surface area (Å²) in [6, 6.07) is 0. The Morgan fingerprint density at radius 2 is 2.47 bits per heavy atom. The maximum absolute atomic E-state index is 5.52. The van der Waals surface area contributed by atoms with Crippen molar-refractivity contribution < 1.29 is 9.47 Å². The number of hydrogen-bond donors (Lipinski definition) is 0. The minimum absolute atomic E-state index is 0.647. The molecule has 1 aliphatic heterocycles. The van der Waals surface area contributed by atoms with Gasteiger partial charge in [-0.1, -0.05) is 0 Å². The highest BCUT2D eigenvalue weighted by molar-refractivity contribution is 4.86. The molecule has 1 aromatic rings. The molecule has 0 unspecified atom stereocenters. The largest absolute Gasteiger partial charge is 0.383 e. The van der Waals surface area contributed by atoms with E-state index in [2.05, 4.69) is 26.7 Å². The lowest BCUT2D eigenvalue weighted by atomic mass is 10.0. The molecule has 0 aliphatic carbocycles. The fourth-order valence-corrected chi connectivity index (χ4v) is 2.48. The van der Waals surface area contributed by atoms with E-state index < -0.39 is 0 Å². The van der Waals surface area contributed by atoms with E-state index >= 15 is 0 Å². The SMILES string of the molecule is COCCn1cnnc1CN(C)C[C@@H]1CCCOC1. The number of ether oxygens (including phenoxy) is 2. The predicted molar refractivity (Wildman–Crippen MR) is 71.8 cm³/mol. The van der Waals surface area contributed by atoms with E-state index in [4.69, 9.17) is 9.47 Å². The second-order valence-electron chi connectivity index (χ2n) is 5.21. The topological polar surface area (TPSA) is 52.4 Å². The van der Waals surface area contributed by atoms with Crippen LogP contribution in [0.1, 0.15) is 18.7 Å². The van der Waals surface area contributed by atoms with E-state index in [9.17, 15) is 0 Å². The predicted octanol–water partition coefficient (Wildman–Crippen LogP) is 0.783. The summed E-state index contributed by atoms with van der Waals surface area (Å²) in [5.74, 6) is 1.64. The number of rotatable bonds is 7. The molecule has 6 heteroatoms. The van der Waals surface area contributed by atoms with Crippen molar-refractivity contribution in [2.75, 3.05) is 40.5 Å². The first-order valence-corrected chi connectivity index (χ1v) is 6.91. The Kier molecular flexibility index (Phi) is 5.75. The molecule has 0 spiro atoms. The van der Waals surface area contributed by atoms with E-state index in [0.29, 0.717) is 12.5 Å².